The average molecular weight is 292 g/mol. The summed E-state index contributed by atoms with van der Waals surface area (Å²) in [6, 6.07) is 4.34. The van der Waals surface area contributed by atoms with Crippen molar-refractivity contribution in [2.75, 3.05) is 10.6 Å². The molecule has 0 aliphatic heterocycles. The SMILES string of the molecule is CC(=O)Nc1ccc(NC(=O)CCC(C)C)c(C(=O)O)c1. The van der Waals surface area contributed by atoms with Crippen molar-refractivity contribution in [3.8, 4) is 0 Å². The predicted molar refractivity (Wildman–Crippen MR) is 80.4 cm³/mol. The molecule has 0 aliphatic rings. The fraction of sp³-hybridized carbons (Fsp3) is 0.400. The van der Waals surface area contributed by atoms with Gasteiger partial charge >= 0.3 is 5.97 Å². The van der Waals surface area contributed by atoms with Crippen molar-refractivity contribution >= 4 is 29.2 Å². The molecular formula is C15H20N2O4. The molecule has 0 fully saturated rings. The van der Waals surface area contributed by atoms with Crippen LogP contribution < -0.4 is 10.6 Å². The molecule has 0 saturated heterocycles. The molecule has 6 heteroatoms. The number of amides is 2. The van der Waals surface area contributed by atoms with Crippen LogP contribution in [0.2, 0.25) is 0 Å². The summed E-state index contributed by atoms with van der Waals surface area (Å²) in [5.74, 6) is -1.28. The van der Waals surface area contributed by atoms with Crippen LogP contribution in [0, 0.1) is 5.92 Å². The molecule has 6 nitrogen and oxygen atoms in total. The van der Waals surface area contributed by atoms with E-state index in [1.165, 1.54) is 19.1 Å². The monoisotopic (exact) mass is 292 g/mol. The Morgan fingerprint density at radius 3 is 2.38 bits per heavy atom. The van der Waals surface area contributed by atoms with Gasteiger partial charge in [-0.3, -0.25) is 9.59 Å². The van der Waals surface area contributed by atoms with Crippen molar-refractivity contribution < 1.29 is 19.5 Å². The van der Waals surface area contributed by atoms with Crippen LogP contribution >= 0.6 is 0 Å². The minimum Gasteiger partial charge on any atom is -0.478 e. The summed E-state index contributed by atoms with van der Waals surface area (Å²) in [5.41, 5.74) is 0.546. The van der Waals surface area contributed by atoms with Crippen molar-refractivity contribution in [3.05, 3.63) is 23.8 Å². The molecule has 0 spiro atoms. The van der Waals surface area contributed by atoms with E-state index in [2.05, 4.69) is 10.6 Å². The minimum absolute atomic E-state index is 0.0563. The quantitative estimate of drug-likeness (QED) is 0.751. The lowest BCUT2D eigenvalue weighted by Gasteiger charge is -2.11. The highest BCUT2D eigenvalue weighted by atomic mass is 16.4. The Labute approximate surface area is 123 Å². The number of hydrogen-bond donors (Lipinski definition) is 3. The van der Waals surface area contributed by atoms with Crippen molar-refractivity contribution in [2.45, 2.75) is 33.6 Å². The Kier molecular flexibility index (Phi) is 5.90. The van der Waals surface area contributed by atoms with E-state index in [1.807, 2.05) is 13.8 Å². The molecule has 1 rings (SSSR count). The zero-order valence-electron chi connectivity index (χ0n) is 12.4. The van der Waals surface area contributed by atoms with Gasteiger partial charge in [0, 0.05) is 19.0 Å². The van der Waals surface area contributed by atoms with Gasteiger partial charge in [0.25, 0.3) is 0 Å². The number of aromatic carboxylic acids is 1. The van der Waals surface area contributed by atoms with Gasteiger partial charge in [0.1, 0.15) is 0 Å². The van der Waals surface area contributed by atoms with Crippen LogP contribution in [0.4, 0.5) is 11.4 Å². The standard InChI is InChI=1S/C15H20N2O4/c1-9(2)4-7-14(19)17-13-6-5-11(16-10(3)18)8-12(13)15(20)21/h5-6,8-9H,4,7H2,1-3H3,(H,16,18)(H,17,19)(H,20,21). The molecule has 0 aromatic heterocycles. The molecule has 1 aromatic carbocycles. The molecule has 3 N–H and O–H groups in total. The zero-order chi connectivity index (χ0) is 16.0. The number of rotatable bonds is 6. The number of benzene rings is 1. The largest absolute Gasteiger partial charge is 0.478 e. The molecule has 2 amide bonds. The van der Waals surface area contributed by atoms with E-state index in [-0.39, 0.29) is 23.1 Å². The van der Waals surface area contributed by atoms with E-state index in [0.29, 0.717) is 18.0 Å². The van der Waals surface area contributed by atoms with Gasteiger partial charge in [-0.15, -0.1) is 0 Å². The van der Waals surface area contributed by atoms with Crippen molar-refractivity contribution in [1.82, 2.24) is 0 Å². The lowest BCUT2D eigenvalue weighted by Crippen LogP contribution is -2.15. The average Bonchev–Trinajstić information content (AvgIpc) is 2.37. The second-order valence-corrected chi connectivity index (χ2v) is 5.23. The molecule has 0 bridgehead atoms. The summed E-state index contributed by atoms with van der Waals surface area (Å²) in [5, 5.41) is 14.3. The molecule has 1 aromatic rings. The first kappa shape index (κ1) is 16.7. The number of carbonyl (C=O) groups is 3. The molecule has 114 valence electrons. The van der Waals surface area contributed by atoms with E-state index in [1.54, 1.807) is 6.07 Å². The summed E-state index contributed by atoms with van der Waals surface area (Å²) in [6.07, 6.45) is 1.07. The first-order chi connectivity index (χ1) is 9.79. The summed E-state index contributed by atoms with van der Waals surface area (Å²) >= 11 is 0. The third-order valence-electron chi connectivity index (χ3n) is 2.79. The van der Waals surface area contributed by atoms with E-state index in [4.69, 9.17) is 0 Å². The molecule has 0 radical (unpaired) electrons. The van der Waals surface area contributed by atoms with E-state index >= 15 is 0 Å². The van der Waals surface area contributed by atoms with Crippen LogP contribution in [0.3, 0.4) is 0 Å². The fourth-order valence-corrected chi connectivity index (χ4v) is 1.74. The third-order valence-corrected chi connectivity index (χ3v) is 2.79. The summed E-state index contributed by atoms with van der Waals surface area (Å²) in [4.78, 5) is 34.0. The normalized spacial score (nSPS) is 10.3. The Morgan fingerprint density at radius 2 is 1.86 bits per heavy atom. The molecular weight excluding hydrogens is 272 g/mol. The highest BCUT2D eigenvalue weighted by Gasteiger charge is 2.14. The van der Waals surface area contributed by atoms with Crippen molar-refractivity contribution in [1.29, 1.82) is 0 Å². The smallest absolute Gasteiger partial charge is 0.337 e. The second-order valence-electron chi connectivity index (χ2n) is 5.23. The van der Waals surface area contributed by atoms with Gasteiger partial charge in [-0.2, -0.15) is 0 Å². The van der Waals surface area contributed by atoms with Gasteiger partial charge in [-0.05, 0) is 30.5 Å². The number of nitrogens with one attached hydrogen (secondary N) is 2. The Bertz CT molecular complexity index is 553. The van der Waals surface area contributed by atoms with E-state index in [9.17, 15) is 19.5 Å². The first-order valence-corrected chi connectivity index (χ1v) is 6.74. The summed E-state index contributed by atoms with van der Waals surface area (Å²) in [6.45, 7) is 5.36. The molecule has 21 heavy (non-hydrogen) atoms. The lowest BCUT2D eigenvalue weighted by atomic mass is 10.1. The van der Waals surface area contributed by atoms with Gasteiger partial charge in [0.15, 0.2) is 0 Å². The maximum Gasteiger partial charge on any atom is 0.337 e. The van der Waals surface area contributed by atoms with E-state index in [0.717, 1.165) is 6.42 Å². The third kappa shape index (κ3) is 5.64. The lowest BCUT2D eigenvalue weighted by molar-refractivity contribution is -0.116. The highest BCUT2D eigenvalue weighted by molar-refractivity contribution is 6.02. The van der Waals surface area contributed by atoms with Crippen molar-refractivity contribution in [3.63, 3.8) is 0 Å². The minimum atomic E-state index is -1.17. The summed E-state index contributed by atoms with van der Waals surface area (Å²) in [7, 11) is 0. The topological polar surface area (TPSA) is 95.5 Å². The Hall–Kier alpha value is -2.37. The van der Waals surface area contributed by atoms with E-state index < -0.39 is 5.97 Å². The number of anilines is 2. The summed E-state index contributed by atoms with van der Waals surface area (Å²) < 4.78 is 0. The molecule has 0 saturated carbocycles. The number of carboxylic acid groups (broad SMARTS) is 1. The highest BCUT2D eigenvalue weighted by Crippen LogP contribution is 2.21. The van der Waals surface area contributed by atoms with Crippen LogP contribution in [0.15, 0.2) is 18.2 Å². The van der Waals surface area contributed by atoms with Crippen LogP contribution in [-0.2, 0) is 9.59 Å². The molecule has 0 aliphatic carbocycles. The maximum atomic E-state index is 11.8. The van der Waals surface area contributed by atoms with Gasteiger partial charge in [-0.1, -0.05) is 13.8 Å². The number of hydrogen-bond acceptors (Lipinski definition) is 3. The predicted octanol–water partition coefficient (Wildman–Crippen LogP) is 2.72. The van der Waals surface area contributed by atoms with Crippen LogP contribution in [0.5, 0.6) is 0 Å². The number of carboxylic acids is 1. The van der Waals surface area contributed by atoms with Crippen molar-refractivity contribution in [2.24, 2.45) is 5.92 Å². The van der Waals surface area contributed by atoms with Crippen LogP contribution in [0.25, 0.3) is 0 Å². The maximum absolute atomic E-state index is 11.8. The fourth-order valence-electron chi connectivity index (χ4n) is 1.74. The van der Waals surface area contributed by atoms with Crippen LogP contribution in [-0.4, -0.2) is 22.9 Å². The first-order valence-electron chi connectivity index (χ1n) is 6.74. The molecule has 0 unspecified atom stereocenters. The number of carbonyl (C=O) groups excluding carboxylic acids is 2. The Balaban J connectivity index is 2.88. The second kappa shape index (κ2) is 7.42. The van der Waals surface area contributed by atoms with Gasteiger partial charge < -0.3 is 15.7 Å². The molecule has 0 heterocycles. The van der Waals surface area contributed by atoms with Gasteiger partial charge in [0.05, 0.1) is 11.3 Å². The molecule has 0 atom stereocenters. The Morgan fingerprint density at radius 1 is 1.19 bits per heavy atom. The van der Waals surface area contributed by atoms with Gasteiger partial charge in [-0.25, -0.2) is 4.79 Å². The van der Waals surface area contributed by atoms with Crippen LogP contribution in [0.1, 0.15) is 44.0 Å². The zero-order valence-corrected chi connectivity index (χ0v) is 12.4. The van der Waals surface area contributed by atoms with Gasteiger partial charge in [0.2, 0.25) is 11.8 Å².